The summed E-state index contributed by atoms with van der Waals surface area (Å²) in [5, 5.41) is 18.4. The zero-order chi connectivity index (χ0) is 23.6. The molecular formula is C18H27N5O8. The number of hydrogen-bond donors (Lipinski definition) is 5. The van der Waals surface area contributed by atoms with Crippen molar-refractivity contribution < 1.29 is 38.6 Å². The quantitative estimate of drug-likeness (QED) is 0.154. The van der Waals surface area contributed by atoms with Crippen molar-refractivity contribution in [2.45, 2.75) is 51.4 Å². The first-order valence-corrected chi connectivity index (χ1v) is 9.54. The van der Waals surface area contributed by atoms with Crippen LogP contribution in [0.4, 0.5) is 9.59 Å². The number of carboxylic acid groups (broad SMARTS) is 1. The maximum atomic E-state index is 12.4. The molecule has 0 aromatic carbocycles. The average molecular weight is 441 g/mol. The Morgan fingerprint density at radius 2 is 1.58 bits per heavy atom. The van der Waals surface area contributed by atoms with Crippen LogP contribution in [0.25, 0.3) is 0 Å². The van der Waals surface area contributed by atoms with Crippen LogP contribution < -0.4 is 21.3 Å². The zero-order valence-corrected chi connectivity index (χ0v) is 17.5. The predicted molar refractivity (Wildman–Crippen MR) is 105 cm³/mol. The Balaban J connectivity index is 2.53. The van der Waals surface area contributed by atoms with E-state index in [0.717, 1.165) is 17.1 Å². The van der Waals surface area contributed by atoms with Crippen LogP contribution in [0.15, 0.2) is 12.2 Å². The van der Waals surface area contributed by atoms with Gasteiger partial charge in [0, 0.05) is 18.7 Å². The molecule has 0 bridgehead atoms. The molecule has 0 radical (unpaired) electrons. The largest absolute Gasteiger partial charge is 0.465 e. The van der Waals surface area contributed by atoms with Gasteiger partial charge in [-0.05, 0) is 33.1 Å². The smallest absolute Gasteiger partial charge is 0.406 e. The van der Waals surface area contributed by atoms with Crippen LogP contribution in [-0.4, -0.2) is 77.7 Å². The highest BCUT2D eigenvalue weighted by molar-refractivity contribution is 6.15. The van der Waals surface area contributed by atoms with Gasteiger partial charge in [0.05, 0.1) is 13.3 Å². The molecule has 5 N–H and O–H groups in total. The molecule has 1 heterocycles. The highest BCUT2D eigenvalue weighted by atomic mass is 16.5. The van der Waals surface area contributed by atoms with Crippen molar-refractivity contribution in [1.82, 2.24) is 26.2 Å². The van der Waals surface area contributed by atoms with Crippen molar-refractivity contribution in [3.8, 4) is 0 Å². The fourth-order valence-electron chi connectivity index (χ4n) is 2.75. The summed E-state index contributed by atoms with van der Waals surface area (Å²) in [5.41, 5.74) is 0. The topological polar surface area (TPSA) is 183 Å². The summed E-state index contributed by atoms with van der Waals surface area (Å²) in [5.74, 6) is -2.57. The third-order valence-corrected chi connectivity index (χ3v) is 4.32. The molecule has 172 valence electrons. The maximum absolute atomic E-state index is 12.4. The number of imide groups is 1. The van der Waals surface area contributed by atoms with Crippen LogP contribution in [0, 0.1) is 0 Å². The molecule has 0 saturated carbocycles. The molecule has 1 rings (SSSR count). The Hall–Kier alpha value is -3.64. The molecule has 1 aliphatic heterocycles. The first kappa shape index (κ1) is 25.4. The average Bonchev–Trinajstić information content (AvgIpc) is 3.03. The number of unbranched alkanes of at least 4 members (excludes halogenated alkanes) is 1. The maximum Gasteiger partial charge on any atom is 0.406 e. The number of hydrogen-bond acceptors (Lipinski definition) is 7. The Labute approximate surface area is 178 Å². The van der Waals surface area contributed by atoms with Crippen molar-refractivity contribution in [3.05, 3.63) is 12.2 Å². The van der Waals surface area contributed by atoms with E-state index in [9.17, 15) is 28.8 Å². The van der Waals surface area contributed by atoms with E-state index in [4.69, 9.17) is 5.11 Å². The fraction of sp³-hybridized carbons (Fsp3) is 0.556. The van der Waals surface area contributed by atoms with Gasteiger partial charge in [-0.3, -0.25) is 24.1 Å². The molecule has 13 heteroatoms. The molecule has 13 nitrogen and oxygen atoms in total. The Kier molecular flexibility index (Phi) is 9.95. The van der Waals surface area contributed by atoms with E-state index in [1.165, 1.54) is 21.0 Å². The molecule has 0 fully saturated rings. The van der Waals surface area contributed by atoms with Crippen LogP contribution in [0.3, 0.4) is 0 Å². The van der Waals surface area contributed by atoms with Gasteiger partial charge in [-0.2, -0.15) is 0 Å². The number of carbonyl (C=O) groups is 6. The van der Waals surface area contributed by atoms with E-state index in [-0.39, 0.29) is 6.42 Å². The van der Waals surface area contributed by atoms with Gasteiger partial charge in [0.1, 0.15) is 12.1 Å². The third kappa shape index (κ3) is 8.32. The molecule has 6 amide bonds. The summed E-state index contributed by atoms with van der Waals surface area (Å²) in [6.45, 7) is 3.11. The van der Waals surface area contributed by atoms with Gasteiger partial charge >= 0.3 is 12.2 Å². The first-order chi connectivity index (χ1) is 14.6. The molecular weight excluding hydrogens is 414 g/mol. The first-order valence-electron chi connectivity index (χ1n) is 9.54. The minimum atomic E-state index is -1.39. The molecule has 0 spiro atoms. The summed E-state index contributed by atoms with van der Waals surface area (Å²) in [7, 11) is 1.23. The molecule has 3 unspecified atom stereocenters. The van der Waals surface area contributed by atoms with Gasteiger partial charge in [-0.15, -0.1) is 0 Å². The van der Waals surface area contributed by atoms with Crippen LogP contribution in [0.5, 0.6) is 0 Å². The second-order valence-corrected chi connectivity index (χ2v) is 6.71. The molecule has 0 aliphatic carbocycles. The summed E-state index contributed by atoms with van der Waals surface area (Å²) in [6.07, 6.45) is 0.284. The van der Waals surface area contributed by atoms with E-state index >= 15 is 0 Å². The van der Waals surface area contributed by atoms with Gasteiger partial charge in [0.25, 0.3) is 11.8 Å². The SMILES string of the molecule is COC(=O)NCCCCC(NC(=O)O)C(=O)NC(C)NC(=O)C(C)N1C(=O)C=CC1=O. The van der Waals surface area contributed by atoms with Crippen molar-refractivity contribution in [1.29, 1.82) is 0 Å². The lowest BCUT2D eigenvalue weighted by molar-refractivity contribution is -0.145. The lowest BCUT2D eigenvalue weighted by Gasteiger charge is -2.25. The number of alkyl carbamates (subject to hydrolysis) is 1. The standard InChI is InChI=1S/C18H27N5O8/c1-10(23-13(24)7-8-14(23)25)15(26)20-11(2)21-16(27)12(22-17(28)29)6-4-5-9-19-18(30)31-3/h7-8,10-12,22H,4-6,9H2,1-3H3,(H,19,30)(H,20,26)(H,21,27)(H,28,29). The molecule has 1 aliphatic rings. The monoisotopic (exact) mass is 441 g/mol. The van der Waals surface area contributed by atoms with Crippen LogP contribution >= 0.6 is 0 Å². The van der Waals surface area contributed by atoms with Gasteiger partial charge in [-0.1, -0.05) is 0 Å². The van der Waals surface area contributed by atoms with Crippen LogP contribution in [0.1, 0.15) is 33.1 Å². The fourth-order valence-corrected chi connectivity index (χ4v) is 2.75. The third-order valence-electron chi connectivity index (χ3n) is 4.32. The van der Waals surface area contributed by atoms with Gasteiger partial charge in [0.15, 0.2) is 0 Å². The number of amides is 6. The number of nitrogens with one attached hydrogen (secondary N) is 4. The van der Waals surface area contributed by atoms with Crippen LogP contribution in [0.2, 0.25) is 0 Å². The number of methoxy groups -OCH3 is 1. The second-order valence-electron chi connectivity index (χ2n) is 6.71. The number of carbonyl (C=O) groups excluding carboxylic acids is 5. The van der Waals surface area contributed by atoms with E-state index in [2.05, 4.69) is 26.0 Å². The molecule has 31 heavy (non-hydrogen) atoms. The molecule has 3 atom stereocenters. The molecule has 0 aromatic heterocycles. The van der Waals surface area contributed by atoms with E-state index in [1.54, 1.807) is 0 Å². The number of nitrogens with zero attached hydrogens (tertiary/aromatic N) is 1. The Bertz CT molecular complexity index is 735. The van der Waals surface area contributed by atoms with Crippen molar-refractivity contribution in [2.24, 2.45) is 0 Å². The van der Waals surface area contributed by atoms with E-state index in [1.807, 2.05) is 0 Å². The number of ether oxygens (including phenoxy) is 1. The van der Waals surface area contributed by atoms with Crippen molar-refractivity contribution in [3.63, 3.8) is 0 Å². The summed E-state index contributed by atoms with van der Waals surface area (Å²) >= 11 is 0. The van der Waals surface area contributed by atoms with E-state index in [0.29, 0.717) is 19.4 Å². The highest BCUT2D eigenvalue weighted by Crippen LogP contribution is 2.09. The Morgan fingerprint density at radius 3 is 2.13 bits per heavy atom. The number of rotatable bonds is 11. The molecule has 0 aromatic rings. The Morgan fingerprint density at radius 1 is 1.00 bits per heavy atom. The minimum Gasteiger partial charge on any atom is -0.465 e. The van der Waals surface area contributed by atoms with Crippen LogP contribution in [-0.2, 0) is 23.9 Å². The summed E-state index contributed by atoms with van der Waals surface area (Å²) in [6, 6.07) is -2.18. The van der Waals surface area contributed by atoms with Gasteiger partial charge in [0.2, 0.25) is 11.8 Å². The lowest BCUT2D eigenvalue weighted by atomic mass is 10.1. The predicted octanol–water partition coefficient (Wildman–Crippen LogP) is -0.959. The summed E-state index contributed by atoms with van der Waals surface area (Å²) < 4.78 is 4.42. The normalized spacial score (nSPS) is 15.6. The highest BCUT2D eigenvalue weighted by Gasteiger charge is 2.33. The summed E-state index contributed by atoms with van der Waals surface area (Å²) in [4.78, 5) is 70.8. The van der Waals surface area contributed by atoms with Gasteiger partial charge < -0.3 is 31.1 Å². The molecule has 0 saturated heterocycles. The van der Waals surface area contributed by atoms with Crippen molar-refractivity contribution in [2.75, 3.05) is 13.7 Å². The van der Waals surface area contributed by atoms with Gasteiger partial charge in [-0.25, -0.2) is 9.59 Å². The second kappa shape index (κ2) is 12.1. The zero-order valence-electron chi connectivity index (χ0n) is 17.5. The lowest BCUT2D eigenvalue weighted by Crippen LogP contribution is -2.56. The minimum absolute atomic E-state index is 0.153. The van der Waals surface area contributed by atoms with E-state index < -0.39 is 54.1 Å². The van der Waals surface area contributed by atoms with Crippen molar-refractivity contribution >= 4 is 35.8 Å².